The average Bonchev–Trinajstić information content (AvgIpc) is 2.67. The molecule has 2 heterocycles. The highest BCUT2D eigenvalue weighted by Gasteiger charge is 2.27. The van der Waals surface area contributed by atoms with Crippen LogP contribution in [0.3, 0.4) is 0 Å². The lowest BCUT2D eigenvalue weighted by molar-refractivity contribution is -0.149. The third-order valence-corrected chi connectivity index (χ3v) is 4.99. The van der Waals surface area contributed by atoms with Gasteiger partial charge >= 0.3 is 5.97 Å². The van der Waals surface area contributed by atoms with Gasteiger partial charge in [-0.3, -0.25) is 14.6 Å². The van der Waals surface area contributed by atoms with Crippen molar-refractivity contribution in [3.8, 4) is 0 Å². The number of rotatable bonds is 7. The quantitative estimate of drug-likeness (QED) is 0.203. The van der Waals surface area contributed by atoms with Crippen molar-refractivity contribution < 1.29 is 9.53 Å². The second kappa shape index (κ2) is 12.8. The number of aryl methyl sites for hydroxylation is 1. The van der Waals surface area contributed by atoms with Crippen LogP contribution in [0.25, 0.3) is 0 Å². The topological polar surface area (TPSA) is 75.9 Å². The molecule has 0 radical (unpaired) electrons. The standard InChI is InChI=1S/C20H32N4O3.HI/c1-4-27-19(26)17-10-14-23(15-11-17)20(21-3)22-12-5-6-13-24-16(2)8-7-9-18(24)25;/h7-9,17H,4-6,10-15H2,1-3H3,(H,21,22);1H. The van der Waals surface area contributed by atoms with Crippen LogP contribution in [-0.4, -0.2) is 54.7 Å². The molecule has 1 N–H and O–H groups in total. The number of unbranched alkanes of at least 4 members (excludes halogenated alkanes) is 1. The smallest absolute Gasteiger partial charge is 0.309 e. The Kier molecular flexibility index (Phi) is 11.2. The van der Waals surface area contributed by atoms with Crippen molar-refractivity contribution in [2.45, 2.75) is 46.1 Å². The molecule has 0 bridgehead atoms. The first-order valence-electron chi connectivity index (χ1n) is 9.85. The van der Waals surface area contributed by atoms with Gasteiger partial charge in [0.05, 0.1) is 12.5 Å². The molecule has 0 saturated carbocycles. The minimum absolute atomic E-state index is 0. The zero-order chi connectivity index (χ0) is 19.6. The molecule has 1 aromatic heterocycles. The summed E-state index contributed by atoms with van der Waals surface area (Å²) in [5, 5.41) is 3.40. The number of carbonyl (C=O) groups excluding carboxylic acids is 1. The summed E-state index contributed by atoms with van der Waals surface area (Å²) >= 11 is 0. The minimum atomic E-state index is -0.0773. The molecule has 1 aromatic rings. The molecule has 1 aliphatic rings. The predicted octanol–water partition coefficient (Wildman–Crippen LogP) is 2.41. The number of pyridine rings is 1. The lowest BCUT2D eigenvalue weighted by Crippen LogP contribution is -2.47. The molecule has 0 spiro atoms. The van der Waals surface area contributed by atoms with E-state index in [9.17, 15) is 9.59 Å². The summed E-state index contributed by atoms with van der Waals surface area (Å²) in [4.78, 5) is 30.3. The Morgan fingerprint density at radius 3 is 2.61 bits per heavy atom. The summed E-state index contributed by atoms with van der Waals surface area (Å²) in [6.07, 6.45) is 3.49. The molecule has 28 heavy (non-hydrogen) atoms. The van der Waals surface area contributed by atoms with E-state index < -0.39 is 0 Å². The lowest BCUT2D eigenvalue weighted by Gasteiger charge is -2.33. The van der Waals surface area contributed by atoms with Crippen molar-refractivity contribution in [3.63, 3.8) is 0 Å². The minimum Gasteiger partial charge on any atom is -0.466 e. The second-order valence-corrected chi connectivity index (χ2v) is 6.85. The van der Waals surface area contributed by atoms with Crippen LogP contribution in [0.2, 0.25) is 0 Å². The van der Waals surface area contributed by atoms with Gasteiger partial charge in [0.2, 0.25) is 0 Å². The van der Waals surface area contributed by atoms with Crippen LogP contribution in [0.4, 0.5) is 0 Å². The molecule has 2 rings (SSSR count). The average molecular weight is 504 g/mol. The molecule has 0 aliphatic carbocycles. The number of ether oxygens (including phenoxy) is 1. The highest BCUT2D eigenvalue weighted by atomic mass is 127. The number of aromatic nitrogens is 1. The molecule has 1 aliphatic heterocycles. The van der Waals surface area contributed by atoms with Crippen LogP contribution in [-0.2, 0) is 16.1 Å². The Morgan fingerprint density at radius 2 is 2.00 bits per heavy atom. The third-order valence-electron chi connectivity index (χ3n) is 4.99. The van der Waals surface area contributed by atoms with E-state index in [2.05, 4.69) is 15.2 Å². The van der Waals surface area contributed by atoms with Crippen LogP contribution in [0.15, 0.2) is 28.0 Å². The number of halogens is 1. The van der Waals surface area contributed by atoms with Gasteiger partial charge in [-0.2, -0.15) is 0 Å². The van der Waals surface area contributed by atoms with Crippen LogP contribution in [0.1, 0.15) is 38.3 Å². The van der Waals surface area contributed by atoms with E-state index in [1.165, 1.54) is 0 Å². The first kappa shape index (κ1) is 24.5. The van der Waals surface area contributed by atoms with Gasteiger partial charge in [0.15, 0.2) is 5.96 Å². The first-order chi connectivity index (χ1) is 13.1. The van der Waals surface area contributed by atoms with E-state index in [4.69, 9.17) is 4.74 Å². The van der Waals surface area contributed by atoms with Crippen LogP contribution < -0.4 is 10.9 Å². The van der Waals surface area contributed by atoms with Gasteiger partial charge in [-0.1, -0.05) is 6.07 Å². The molecule has 1 fully saturated rings. The molecule has 7 nitrogen and oxygen atoms in total. The van der Waals surface area contributed by atoms with Gasteiger partial charge in [0, 0.05) is 45.0 Å². The zero-order valence-corrected chi connectivity index (χ0v) is 19.5. The van der Waals surface area contributed by atoms with Crippen molar-refractivity contribution >= 4 is 35.9 Å². The molecule has 0 atom stereocenters. The number of nitrogens with one attached hydrogen (secondary N) is 1. The van der Waals surface area contributed by atoms with Crippen LogP contribution in [0.5, 0.6) is 0 Å². The molecule has 0 amide bonds. The molecule has 0 unspecified atom stereocenters. The van der Waals surface area contributed by atoms with Gasteiger partial charge < -0.3 is 19.5 Å². The fraction of sp³-hybridized carbons (Fsp3) is 0.650. The molecule has 8 heteroatoms. The number of hydrogen-bond acceptors (Lipinski definition) is 4. The third kappa shape index (κ3) is 7.10. The van der Waals surface area contributed by atoms with E-state index in [0.29, 0.717) is 6.61 Å². The van der Waals surface area contributed by atoms with Gasteiger partial charge in [0.1, 0.15) is 0 Å². The van der Waals surface area contributed by atoms with Crippen LogP contribution in [0, 0.1) is 12.8 Å². The molecular formula is C20H33IN4O3. The zero-order valence-electron chi connectivity index (χ0n) is 17.1. The fourth-order valence-electron chi connectivity index (χ4n) is 3.42. The number of piperidine rings is 1. The number of aliphatic imine (C=N–C) groups is 1. The highest BCUT2D eigenvalue weighted by Crippen LogP contribution is 2.18. The van der Waals surface area contributed by atoms with Gasteiger partial charge in [-0.25, -0.2) is 0 Å². The van der Waals surface area contributed by atoms with Crippen LogP contribution >= 0.6 is 24.0 Å². The molecule has 1 saturated heterocycles. The Morgan fingerprint density at radius 1 is 1.29 bits per heavy atom. The Bertz CT molecular complexity index is 697. The van der Waals surface area contributed by atoms with Crippen molar-refractivity contribution in [3.05, 3.63) is 34.2 Å². The summed E-state index contributed by atoms with van der Waals surface area (Å²) in [7, 11) is 1.78. The summed E-state index contributed by atoms with van der Waals surface area (Å²) in [5.74, 6) is 0.809. The molecular weight excluding hydrogens is 471 g/mol. The van der Waals surface area contributed by atoms with Gasteiger partial charge in [-0.05, 0) is 45.6 Å². The maximum atomic E-state index is 11.9. The van der Waals surface area contributed by atoms with Crippen molar-refractivity contribution in [1.82, 2.24) is 14.8 Å². The number of likely N-dealkylation sites (tertiary alicyclic amines) is 1. The largest absolute Gasteiger partial charge is 0.466 e. The predicted molar refractivity (Wildman–Crippen MR) is 122 cm³/mol. The second-order valence-electron chi connectivity index (χ2n) is 6.85. The number of hydrogen-bond donors (Lipinski definition) is 1. The Hall–Kier alpha value is -1.58. The lowest BCUT2D eigenvalue weighted by atomic mass is 9.97. The van der Waals surface area contributed by atoms with E-state index >= 15 is 0 Å². The summed E-state index contributed by atoms with van der Waals surface area (Å²) in [6, 6.07) is 5.36. The normalized spacial score (nSPS) is 15.1. The first-order valence-corrected chi connectivity index (χ1v) is 9.85. The van der Waals surface area contributed by atoms with Gasteiger partial charge in [0.25, 0.3) is 5.56 Å². The number of guanidine groups is 1. The maximum Gasteiger partial charge on any atom is 0.309 e. The van der Waals surface area contributed by atoms with Crippen molar-refractivity contribution in [2.24, 2.45) is 10.9 Å². The number of carbonyl (C=O) groups is 1. The van der Waals surface area contributed by atoms with E-state index in [1.807, 2.05) is 24.5 Å². The number of nitrogens with zero attached hydrogens (tertiary/aromatic N) is 3. The van der Waals surface area contributed by atoms with Gasteiger partial charge in [-0.15, -0.1) is 24.0 Å². The molecule has 0 aromatic carbocycles. The number of esters is 1. The highest BCUT2D eigenvalue weighted by molar-refractivity contribution is 14.0. The Balaban J connectivity index is 0.00000392. The summed E-state index contributed by atoms with van der Waals surface area (Å²) < 4.78 is 6.94. The van der Waals surface area contributed by atoms with E-state index in [0.717, 1.165) is 63.5 Å². The maximum absolute atomic E-state index is 11.9. The fourth-order valence-corrected chi connectivity index (χ4v) is 3.42. The Labute approximate surface area is 184 Å². The summed E-state index contributed by atoms with van der Waals surface area (Å²) in [5.41, 5.74) is 1.05. The SMILES string of the molecule is CCOC(=O)C1CCN(C(=NC)NCCCCn2c(C)cccc2=O)CC1.I. The molecule has 158 valence electrons. The summed E-state index contributed by atoms with van der Waals surface area (Å²) in [6.45, 7) is 7.40. The monoisotopic (exact) mass is 504 g/mol. The van der Waals surface area contributed by atoms with E-state index in [1.54, 1.807) is 19.2 Å². The van der Waals surface area contributed by atoms with E-state index in [-0.39, 0.29) is 41.4 Å². The van der Waals surface area contributed by atoms with Crippen molar-refractivity contribution in [2.75, 3.05) is 33.3 Å². The van der Waals surface area contributed by atoms with Crippen molar-refractivity contribution in [1.29, 1.82) is 0 Å².